The van der Waals surface area contributed by atoms with E-state index in [1.54, 1.807) is 22.0 Å². The molecule has 0 aliphatic carbocycles. The van der Waals surface area contributed by atoms with Crippen molar-refractivity contribution in [1.29, 1.82) is 0 Å². The van der Waals surface area contributed by atoms with Crippen LogP contribution in [-0.4, -0.2) is 24.6 Å². The molecular weight excluding hydrogens is 364 g/mol. The third-order valence-corrected chi connectivity index (χ3v) is 4.73. The zero-order chi connectivity index (χ0) is 18.8. The molecule has 1 fully saturated rings. The molecule has 27 heavy (non-hydrogen) atoms. The number of urea groups is 1. The molecule has 138 valence electrons. The Morgan fingerprint density at radius 1 is 1.19 bits per heavy atom. The molecule has 0 unspecified atom stereocenters. The SMILES string of the molecule is CN1NC=CC=C1Oc1cccc([C@H]2CNC(=O)N2c2ccc(Cl)cc2)c1. The molecule has 2 heterocycles. The summed E-state index contributed by atoms with van der Waals surface area (Å²) in [6.45, 7) is 0.526. The fraction of sp³-hybridized carbons (Fsp3) is 0.150. The number of amides is 2. The molecule has 1 saturated heterocycles. The topological polar surface area (TPSA) is 56.8 Å². The van der Waals surface area contributed by atoms with E-state index >= 15 is 0 Å². The van der Waals surface area contributed by atoms with Crippen LogP contribution in [0.4, 0.5) is 10.5 Å². The molecule has 7 heteroatoms. The van der Waals surface area contributed by atoms with Crippen LogP contribution in [0.5, 0.6) is 5.75 Å². The number of hydrazine groups is 1. The van der Waals surface area contributed by atoms with Crippen molar-refractivity contribution in [2.24, 2.45) is 0 Å². The van der Waals surface area contributed by atoms with Crippen molar-refractivity contribution in [2.75, 3.05) is 18.5 Å². The second-order valence-corrected chi connectivity index (χ2v) is 6.71. The number of carbonyl (C=O) groups is 1. The minimum absolute atomic E-state index is 0.127. The molecule has 2 aromatic carbocycles. The Morgan fingerprint density at radius 3 is 2.78 bits per heavy atom. The number of hydrogen-bond donors (Lipinski definition) is 2. The normalized spacial score (nSPS) is 18.8. The molecule has 0 radical (unpaired) electrons. The van der Waals surface area contributed by atoms with Crippen molar-refractivity contribution in [3.05, 3.63) is 83.4 Å². The molecule has 4 rings (SSSR count). The fourth-order valence-corrected chi connectivity index (χ4v) is 3.26. The molecule has 0 spiro atoms. The van der Waals surface area contributed by atoms with E-state index in [1.807, 2.05) is 61.8 Å². The average molecular weight is 383 g/mol. The van der Waals surface area contributed by atoms with E-state index in [2.05, 4.69) is 10.7 Å². The van der Waals surface area contributed by atoms with E-state index in [0.29, 0.717) is 23.2 Å². The molecule has 0 saturated carbocycles. The highest BCUT2D eigenvalue weighted by atomic mass is 35.5. The number of nitrogens with zero attached hydrogens (tertiary/aromatic N) is 2. The quantitative estimate of drug-likeness (QED) is 0.844. The Kier molecular flexibility index (Phi) is 4.64. The summed E-state index contributed by atoms with van der Waals surface area (Å²) in [5.41, 5.74) is 4.84. The Hall–Kier alpha value is -3.12. The first-order valence-electron chi connectivity index (χ1n) is 8.59. The second-order valence-electron chi connectivity index (χ2n) is 6.27. The van der Waals surface area contributed by atoms with Crippen molar-refractivity contribution in [2.45, 2.75) is 6.04 Å². The summed E-state index contributed by atoms with van der Waals surface area (Å²) in [5, 5.41) is 5.34. The summed E-state index contributed by atoms with van der Waals surface area (Å²) in [7, 11) is 1.88. The highest BCUT2D eigenvalue weighted by Gasteiger charge is 2.33. The molecule has 2 aliphatic rings. The lowest BCUT2D eigenvalue weighted by Crippen LogP contribution is -2.33. The molecule has 0 aromatic heterocycles. The monoisotopic (exact) mass is 382 g/mol. The van der Waals surface area contributed by atoms with Gasteiger partial charge in [0.2, 0.25) is 5.88 Å². The number of rotatable bonds is 4. The van der Waals surface area contributed by atoms with E-state index in [4.69, 9.17) is 16.3 Å². The van der Waals surface area contributed by atoms with Crippen LogP contribution in [0.1, 0.15) is 11.6 Å². The Balaban J connectivity index is 1.60. The van der Waals surface area contributed by atoms with Gasteiger partial charge in [0.15, 0.2) is 0 Å². The summed E-state index contributed by atoms with van der Waals surface area (Å²) in [6, 6.07) is 14.8. The van der Waals surface area contributed by atoms with Gasteiger partial charge in [-0.15, -0.1) is 0 Å². The van der Waals surface area contributed by atoms with Gasteiger partial charge in [0.1, 0.15) is 5.75 Å². The predicted molar refractivity (Wildman–Crippen MR) is 105 cm³/mol. The van der Waals surface area contributed by atoms with Crippen LogP contribution in [0.3, 0.4) is 0 Å². The smallest absolute Gasteiger partial charge is 0.322 e. The molecule has 1 atom stereocenters. The van der Waals surface area contributed by atoms with Crippen molar-refractivity contribution in [3.8, 4) is 5.75 Å². The van der Waals surface area contributed by atoms with Gasteiger partial charge in [-0.2, -0.15) is 0 Å². The molecule has 0 bridgehead atoms. The van der Waals surface area contributed by atoms with Gasteiger partial charge in [-0.05, 0) is 48.0 Å². The molecule has 2 aliphatic heterocycles. The number of allylic oxidation sites excluding steroid dienone is 2. The minimum Gasteiger partial charge on any atom is -0.439 e. The molecule has 6 nitrogen and oxygen atoms in total. The number of nitrogens with one attached hydrogen (secondary N) is 2. The van der Waals surface area contributed by atoms with E-state index in [9.17, 15) is 4.79 Å². The van der Waals surface area contributed by atoms with Crippen LogP contribution in [0.15, 0.2) is 72.8 Å². The van der Waals surface area contributed by atoms with Crippen molar-refractivity contribution in [3.63, 3.8) is 0 Å². The van der Waals surface area contributed by atoms with Gasteiger partial charge in [-0.3, -0.25) is 9.91 Å². The first-order chi connectivity index (χ1) is 13.1. The third-order valence-electron chi connectivity index (χ3n) is 4.48. The van der Waals surface area contributed by atoms with Crippen molar-refractivity contribution in [1.82, 2.24) is 15.8 Å². The molecule has 2 N–H and O–H groups in total. The summed E-state index contributed by atoms with van der Waals surface area (Å²) in [6.07, 6.45) is 5.58. The first-order valence-corrected chi connectivity index (χ1v) is 8.97. The maximum Gasteiger partial charge on any atom is 0.322 e. The van der Waals surface area contributed by atoms with Gasteiger partial charge in [0, 0.05) is 36.6 Å². The van der Waals surface area contributed by atoms with Crippen molar-refractivity contribution >= 4 is 23.3 Å². The summed E-state index contributed by atoms with van der Waals surface area (Å²) < 4.78 is 5.98. The third kappa shape index (κ3) is 3.57. The lowest BCUT2D eigenvalue weighted by molar-refractivity contribution is 0.210. The number of benzene rings is 2. The van der Waals surface area contributed by atoms with Gasteiger partial charge in [-0.1, -0.05) is 23.7 Å². The highest BCUT2D eigenvalue weighted by Crippen LogP contribution is 2.33. The summed E-state index contributed by atoms with van der Waals surface area (Å²) in [4.78, 5) is 14.1. The van der Waals surface area contributed by atoms with Crippen LogP contribution in [0.25, 0.3) is 0 Å². The van der Waals surface area contributed by atoms with Crippen LogP contribution < -0.4 is 20.4 Å². The maximum absolute atomic E-state index is 12.4. The highest BCUT2D eigenvalue weighted by molar-refractivity contribution is 6.30. The van der Waals surface area contributed by atoms with Gasteiger partial charge in [0.25, 0.3) is 0 Å². The van der Waals surface area contributed by atoms with E-state index in [1.165, 1.54) is 0 Å². The lowest BCUT2D eigenvalue weighted by Gasteiger charge is -2.26. The standard InChI is InChI=1S/C20H19ClN4O2/c1-24-19(6-3-11-23-24)27-17-5-2-4-14(12-17)18-13-22-20(26)25(18)16-9-7-15(21)8-10-16/h2-12,18,23H,13H2,1H3,(H,22,26)/t18-/m1/s1. The van der Waals surface area contributed by atoms with Gasteiger partial charge >= 0.3 is 6.03 Å². The number of ether oxygens (including phenoxy) is 1. The van der Waals surface area contributed by atoms with Gasteiger partial charge in [-0.25, -0.2) is 4.79 Å². The molecule has 2 amide bonds. The summed E-state index contributed by atoms with van der Waals surface area (Å²) in [5.74, 6) is 1.39. The Bertz CT molecular complexity index is 910. The van der Waals surface area contributed by atoms with Crippen LogP contribution in [0.2, 0.25) is 5.02 Å². The number of halogens is 1. The maximum atomic E-state index is 12.4. The van der Waals surface area contributed by atoms with E-state index < -0.39 is 0 Å². The fourth-order valence-electron chi connectivity index (χ4n) is 3.14. The predicted octanol–water partition coefficient (Wildman–Crippen LogP) is 3.79. The van der Waals surface area contributed by atoms with E-state index in [0.717, 1.165) is 11.3 Å². The van der Waals surface area contributed by atoms with Gasteiger partial charge < -0.3 is 15.5 Å². The lowest BCUT2D eigenvalue weighted by atomic mass is 10.1. The zero-order valence-electron chi connectivity index (χ0n) is 14.7. The number of hydrogen-bond acceptors (Lipinski definition) is 4. The Labute approximate surface area is 162 Å². The average Bonchev–Trinajstić information content (AvgIpc) is 3.06. The molecular formula is C20H19ClN4O2. The number of carbonyl (C=O) groups excluding carboxylic acids is 1. The van der Waals surface area contributed by atoms with Crippen LogP contribution in [-0.2, 0) is 0 Å². The van der Waals surface area contributed by atoms with Crippen LogP contribution >= 0.6 is 11.6 Å². The Morgan fingerprint density at radius 2 is 2.00 bits per heavy atom. The number of anilines is 1. The summed E-state index contributed by atoms with van der Waals surface area (Å²) >= 11 is 5.98. The largest absolute Gasteiger partial charge is 0.439 e. The first kappa shape index (κ1) is 17.3. The van der Waals surface area contributed by atoms with Crippen LogP contribution in [0, 0.1) is 0 Å². The van der Waals surface area contributed by atoms with Crippen molar-refractivity contribution < 1.29 is 9.53 Å². The van der Waals surface area contributed by atoms with Gasteiger partial charge in [0.05, 0.1) is 6.04 Å². The second kappa shape index (κ2) is 7.25. The zero-order valence-corrected chi connectivity index (χ0v) is 15.5. The van der Waals surface area contributed by atoms with E-state index in [-0.39, 0.29) is 12.1 Å². The molecule has 2 aromatic rings. The minimum atomic E-state index is -0.127.